The Morgan fingerprint density at radius 2 is 2.00 bits per heavy atom. The van der Waals surface area contributed by atoms with Crippen LogP contribution in [-0.2, 0) is 14.3 Å². The van der Waals surface area contributed by atoms with E-state index in [1.54, 1.807) is 0 Å². The molecule has 0 saturated carbocycles. The molecule has 16 heavy (non-hydrogen) atoms. The number of carbonyl (C=O) groups excluding carboxylic acids is 1. The van der Waals surface area contributed by atoms with Crippen LogP contribution < -0.4 is 5.32 Å². The maximum Gasteiger partial charge on any atom is 0.294 e. The van der Waals surface area contributed by atoms with Gasteiger partial charge in [-0.15, -0.1) is 0 Å². The van der Waals surface area contributed by atoms with Crippen molar-refractivity contribution in [2.45, 2.75) is 0 Å². The van der Waals surface area contributed by atoms with E-state index in [0.29, 0.717) is 13.2 Å². The third kappa shape index (κ3) is 2.88. The fourth-order valence-electron chi connectivity index (χ4n) is 1.21. The van der Waals surface area contributed by atoms with Crippen LogP contribution in [0.5, 0.6) is 0 Å². The Balaban J connectivity index is 2.01. The van der Waals surface area contributed by atoms with E-state index in [1.165, 1.54) is 6.26 Å². The molecule has 1 aromatic rings. The summed E-state index contributed by atoms with van der Waals surface area (Å²) in [5, 5.41) is 2.72. The van der Waals surface area contributed by atoms with Gasteiger partial charge in [0.05, 0.1) is 0 Å². The minimum Gasteiger partial charge on any atom is -0.494 e. The average molecular weight is 331 g/mol. The van der Waals surface area contributed by atoms with E-state index in [1.807, 2.05) is 24.3 Å². The quantitative estimate of drug-likeness (QED) is 0.845. The second kappa shape index (κ2) is 5.20. The van der Waals surface area contributed by atoms with Gasteiger partial charge in [-0.3, -0.25) is 4.79 Å². The summed E-state index contributed by atoms with van der Waals surface area (Å²) in [5.41, 5.74) is 0.737. The van der Waals surface area contributed by atoms with Gasteiger partial charge in [0.1, 0.15) is 19.5 Å². The molecule has 1 aliphatic rings. The molecule has 1 heterocycles. The number of hydrogen-bond acceptors (Lipinski definition) is 3. The van der Waals surface area contributed by atoms with Gasteiger partial charge in [-0.1, -0.05) is 0 Å². The Labute approximate surface area is 107 Å². The van der Waals surface area contributed by atoms with Crippen LogP contribution in [0.3, 0.4) is 0 Å². The fourth-order valence-corrected chi connectivity index (χ4v) is 1.57. The van der Waals surface area contributed by atoms with Crippen molar-refractivity contribution in [3.63, 3.8) is 0 Å². The highest BCUT2D eigenvalue weighted by Gasteiger charge is 2.14. The fraction of sp³-hybridized carbons (Fsp3) is 0.182. The summed E-state index contributed by atoms with van der Waals surface area (Å²) in [6.45, 7) is 0.895. The summed E-state index contributed by atoms with van der Waals surface area (Å²) in [6, 6.07) is 7.51. The number of carbonyl (C=O) groups is 1. The predicted molar refractivity (Wildman–Crippen MR) is 67.8 cm³/mol. The normalized spacial score (nSPS) is 14.4. The molecule has 5 heteroatoms. The molecule has 1 N–H and O–H groups in total. The molecule has 4 nitrogen and oxygen atoms in total. The molecule has 1 amide bonds. The summed E-state index contributed by atoms with van der Waals surface area (Å²) < 4.78 is 11.3. The number of rotatable bonds is 2. The van der Waals surface area contributed by atoms with Gasteiger partial charge in [0.2, 0.25) is 5.76 Å². The average Bonchev–Trinajstić information content (AvgIpc) is 2.33. The molecule has 84 valence electrons. The highest BCUT2D eigenvalue weighted by atomic mass is 127. The SMILES string of the molecule is O=C(Nc1ccc(I)cc1)C1=COCCO1. The summed E-state index contributed by atoms with van der Waals surface area (Å²) in [5.74, 6) is -0.0780. The second-order valence-corrected chi connectivity index (χ2v) is 4.41. The third-order valence-electron chi connectivity index (χ3n) is 1.98. The van der Waals surface area contributed by atoms with Gasteiger partial charge in [0, 0.05) is 9.26 Å². The van der Waals surface area contributed by atoms with Crippen molar-refractivity contribution >= 4 is 34.2 Å². The maximum absolute atomic E-state index is 11.7. The zero-order chi connectivity index (χ0) is 11.4. The molecule has 1 aliphatic heterocycles. The highest BCUT2D eigenvalue weighted by Crippen LogP contribution is 2.13. The predicted octanol–water partition coefficient (Wildman–Crippen LogP) is 2.12. The van der Waals surface area contributed by atoms with Crippen LogP contribution in [0.4, 0.5) is 5.69 Å². The monoisotopic (exact) mass is 331 g/mol. The molecule has 0 radical (unpaired) electrons. The summed E-state index contributed by atoms with van der Waals surface area (Å²) in [7, 11) is 0. The summed E-state index contributed by atoms with van der Waals surface area (Å²) in [4.78, 5) is 11.7. The van der Waals surface area contributed by atoms with E-state index in [-0.39, 0.29) is 11.7 Å². The van der Waals surface area contributed by atoms with Crippen LogP contribution in [-0.4, -0.2) is 19.1 Å². The number of nitrogens with one attached hydrogen (secondary N) is 1. The van der Waals surface area contributed by atoms with Gasteiger partial charge in [-0.2, -0.15) is 0 Å². The Kier molecular flexibility index (Phi) is 3.66. The standard InChI is InChI=1S/C11H10INO3/c12-8-1-3-9(4-2-8)13-11(14)10-7-15-5-6-16-10/h1-4,7H,5-6H2,(H,13,14). The Hall–Kier alpha value is -1.24. The van der Waals surface area contributed by atoms with Gasteiger partial charge in [0.15, 0.2) is 0 Å². The van der Waals surface area contributed by atoms with Gasteiger partial charge in [0.25, 0.3) is 5.91 Å². The van der Waals surface area contributed by atoms with Crippen molar-refractivity contribution in [3.8, 4) is 0 Å². The molecule has 0 fully saturated rings. The topological polar surface area (TPSA) is 47.6 Å². The zero-order valence-corrected chi connectivity index (χ0v) is 10.6. The van der Waals surface area contributed by atoms with Crippen LogP contribution in [0.2, 0.25) is 0 Å². The molecular formula is C11H10INO3. The second-order valence-electron chi connectivity index (χ2n) is 3.16. The molecule has 0 bridgehead atoms. The van der Waals surface area contributed by atoms with Crippen molar-refractivity contribution in [3.05, 3.63) is 39.9 Å². The molecule has 0 spiro atoms. The first-order valence-electron chi connectivity index (χ1n) is 4.77. The van der Waals surface area contributed by atoms with Crippen molar-refractivity contribution in [1.29, 1.82) is 0 Å². The number of anilines is 1. The molecule has 0 saturated heterocycles. The van der Waals surface area contributed by atoms with E-state index in [9.17, 15) is 4.79 Å². The van der Waals surface area contributed by atoms with Gasteiger partial charge in [-0.25, -0.2) is 0 Å². The largest absolute Gasteiger partial charge is 0.494 e. The van der Waals surface area contributed by atoms with Crippen LogP contribution in [0.1, 0.15) is 0 Å². The first-order valence-corrected chi connectivity index (χ1v) is 5.85. The molecule has 2 rings (SSSR count). The zero-order valence-electron chi connectivity index (χ0n) is 8.40. The lowest BCUT2D eigenvalue weighted by molar-refractivity contribution is -0.117. The van der Waals surface area contributed by atoms with E-state index >= 15 is 0 Å². The molecule has 0 aromatic heterocycles. The summed E-state index contributed by atoms with van der Waals surface area (Å²) in [6.07, 6.45) is 1.34. The van der Waals surface area contributed by atoms with Crippen molar-refractivity contribution in [1.82, 2.24) is 0 Å². The van der Waals surface area contributed by atoms with E-state index in [0.717, 1.165) is 9.26 Å². The first kappa shape index (κ1) is 11.3. The Bertz CT molecular complexity index is 414. The number of ether oxygens (including phenoxy) is 2. The van der Waals surface area contributed by atoms with Gasteiger partial charge >= 0.3 is 0 Å². The van der Waals surface area contributed by atoms with Crippen molar-refractivity contribution < 1.29 is 14.3 Å². The van der Waals surface area contributed by atoms with E-state index < -0.39 is 0 Å². The highest BCUT2D eigenvalue weighted by molar-refractivity contribution is 14.1. The Morgan fingerprint density at radius 1 is 1.25 bits per heavy atom. The third-order valence-corrected chi connectivity index (χ3v) is 2.69. The number of amides is 1. The van der Waals surface area contributed by atoms with Crippen molar-refractivity contribution in [2.75, 3.05) is 18.5 Å². The molecule has 0 atom stereocenters. The van der Waals surface area contributed by atoms with Crippen LogP contribution in [0, 0.1) is 3.57 Å². The summed E-state index contributed by atoms with van der Waals surface area (Å²) >= 11 is 2.20. The molecule has 0 unspecified atom stereocenters. The molecule has 0 aliphatic carbocycles. The van der Waals surface area contributed by atoms with Crippen molar-refractivity contribution in [2.24, 2.45) is 0 Å². The lowest BCUT2D eigenvalue weighted by Gasteiger charge is -2.14. The van der Waals surface area contributed by atoms with Crippen LogP contribution in [0.25, 0.3) is 0 Å². The smallest absolute Gasteiger partial charge is 0.294 e. The van der Waals surface area contributed by atoms with E-state index in [2.05, 4.69) is 27.9 Å². The lowest BCUT2D eigenvalue weighted by Crippen LogP contribution is -2.21. The number of benzene rings is 1. The van der Waals surface area contributed by atoms with E-state index in [4.69, 9.17) is 9.47 Å². The van der Waals surface area contributed by atoms with Gasteiger partial charge in [-0.05, 0) is 46.9 Å². The Morgan fingerprint density at radius 3 is 2.62 bits per heavy atom. The number of hydrogen-bond donors (Lipinski definition) is 1. The lowest BCUT2D eigenvalue weighted by atomic mass is 10.3. The minimum absolute atomic E-state index is 0.213. The maximum atomic E-state index is 11.7. The molecule has 1 aromatic carbocycles. The van der Waals surface area contributed by atoms with Crippen LogP contribution >= 0.6 is 22.6 Å². The van der Waals surface area contributed by atoms with Gasteiger partial charge < -0.3 is 14.8 Å². The molecular weight excluding hydrogens is 321 g/mol. The minimum atomic E-state index is -0.291. The number of halogens is 1. The first-order chi connectivity index (χ1) is 7.75. The van der Waals surface area contributed by atoms with Crippen LogP contribution in [0.15, 0.2) is 36.3 Å².